The molecule has 1 aliphatic heterocycles. The molecule has 0 aromatic heterocycles. The Labute approximate surface area is 164 Å². The predicted octanol–water partition coefficient (Wildman–Crippen LogP) is 3.26. The van der Waals surface area contributed by atoms with Crippen LogP contribution in [0.15, 0.2) is 53.4 Å². The van der Waals surface area contributed by atoms with Crippen LogP contribution in [0.3, 0.4) is 0 Å². The van der Waals surface area contributed by atoms with Gasteiger partial charge in [-0.3, -0.25) is 4.79 Å². The molecule has 0 unspecified atom stereocenters. The summed E-state index contributed by atoms with van der Waals surface area (Å²) in [6.45, 7) is 2.84. The van der Waals surface area contributed by atoms with E-state index in [1.165, 1.54) is 40.7 Å². The number of rotatable bonds is 6. The fourth-order valence-electron chi connectivity index (χ4n) is 3.18. The number of amides is 1. The van der Waals surface area contributed by atoms with Crippen molar-refractivity contribution in [2.75, 3.05) is 25.0 Å². The first-order valence-corrected chi connectivity index (χ1v) is 10.6. The molecule has 1 saturated heterocycles. The molecule has 1 fully saturated rings. The third-order valence-electron chi connectivity index (χ3n) is 4.64. The Hall–Kier alpha value is -2.45. The van der Waals surface area contributed by atoms with Gasteiger partial charge in [0, 0.05) is 18.8 Å². The van der Waals surface area contributed by atoms with E-state index >= 15 is 0 Å². The maximum atomic E-state index is 13.0. The molecule has 2 aromatic rings. The van der Waals surface area contributed by atoms with Crippen LogP contribution < -0.4 is 10.1 Å². The van der Waals surface area contributed by atoms with Gasteiger partial charge in [0.25, 0.3) is 0 Å². The molecule has 0 aliphatic carbocycles. The number of ether oxygens (including phenoxy) is 1. The number of sulfonamides is 1. The summed E-state index contributed by atoms with van der Waals surface area (Å²) < 4.78 is 45.6. The van der Waals surface area contributed by atoms with E-state index in [9.17, 15) is 17.6 Å². The van der Waals surface area contributed by atoms with Gasteiger partial charge in [-0.25, -0.2) is 12.8 Å². The molecule has 28 heavy (non-hydrogen) atoms. The van der Waals surface area contributed by atoms with E-state index in [1.807, 2.05) is 6.92 Å². The first-order chi connectivity index (χ1) is 13.4. The number of halogens is 1. The summed E-state index contributed by atoms with van der Waals surface area (Å²) in [4.78, 5) is 12.7. The molecule has 1 heterocycles. The minimum absolute atomic E-state index is 0.114. The lowest BCUT2D eigenvalue weighted by molar-refractivity contribution is -0.120. The van der Waals surface area contributed by atoms with E-state index in [4.69, 9.17) is 4.74 Å². The molecule has 3 rings (SSSR count). The van der Waals surface area contributed by atoms with E-state index in [0.717, 1.165) is 0 Å². The number of benzene rings is 2. The number of hydrogen-bond donors (Lipinski definition) is 1. The highest BCUT2D eigenvalue weighted by Gasteiger charge is 2.33. The fourth-order valence-corrected chi connectivity index (χ4v) is 4.70. The molecular weight excluding hydrogens is 383 g/mol. The molecule has 1 amide bonds. The molecule has 8 heteroatoms. The highest BCUT2D eigenvalue weighted by molar-refractivity contribution is 7.89. The Balaban J connectivity index is 1.69. The maximum Gasteiger partial charge on any atom is 0.243 e. The molecule has 0 radical (unpaired) electrons. The van der Waals surface area contributed by atoms with E-state index in [-0.39, 0.29) is 23.2 Å². The van der Waals surface area contributed by atoms with Crippen LogP contribution in [0.2, 0.25) is 0 Å². The molecule has 0 bridgehead atoms. The van der Waals surface area contributed by atoms with Gasteiger partial charge >= 0.3 is 0 Å². The molecular formula is C20H23FN2O4S. The second-order valence-corrected chi connectivity index (χ2v) is 8.54. The third kappa shape index (κ3) is 4.69. The number of piperidine rings is 1. The van der Waals surface area contributed by atoms with Crippen molar-refractivity contribution >= 4 is 21.6 Å². The lowest BCUT2D eigenvalue weighted by atomic mass is 9.99. The van der Waals surface area contributed by atoms with Crippen molar-refractivity contribution in [1.82, 2.24) is 4.31 Å². The van der Waals surface area contributed by atoms with Gasteiger partial charge < -0.3 is 10.1 Å². The molecule has 2 aromatic carbocycles. The lowest BCUT2D eigenvalue weighted by Crippen LogP contribution is -2.43. The van der Waals surface area contributed by atoms with E-state index < -0.39 is 15.9 Å². The summed E-state index contributed by atoms with van der Waals surface area (Å²) in [6.07, 6.45) is 1.19. The van der Waals surface area contributed by atoms with Crippen LogP contribution in [0.25, 0.3) is 0 Å². The van der Waals surface area contributed by atoms with Gasteiger partial charge in [0.2, 0.25) is 15.9 Å². The van der Waals surface area contributed by atoms with Crippen molar-refractivity contribution in [2.45, 2.75) is 24.7 Å². The minimum atomic E-state index is -3.69. The average molecular weight is 406 g/mol. The Morgan fingerprint density at radius 1 is 1.18 bits per heavy atom. The molecule has 1 atom stereocenters. The molecule has 0 saturated carbocycles. The SMILES string of the molecule is CCOc1ccc(S(=O)(=O)N2CCC[C@H](C(=O)Nc3ccc(F)cc3)C2)cc1. The smallest absolute Gasteiger partial charge is 0.243 e. The van der Waals surface area contributed by atoms with E-state index in [1.54, 1.807) is 12.1 Å². The largest absolute Gasteiger partial charge is 0.494 e. The van der Waals surface area contributed by atoms with Gasteiger partial charge in [0.15, 0.2) is 0 Å². The first-order valence-electron chi connectivity index (χ1n) is 9.19. The third-order valence-corrected chi connectivity index (χ3v) is 6.52. The molecule has 0 spiro atoms. The molecule has 1 N–H and O–H groups in total. The number of nitrogens with zero attached hydrogens (tertiary/aromatic N) is 1. The summed E-state index contributed by atoms with van der Waals surface area (Å²) in [5.41, 5.74) is 0.484. The summed E-state index contributed by atoms with van der Waals surface area (Å²) >= 11 is 0. The highest BCUT2D eigenvalue weighted by atomic mass is 32.2. The lowest BCUT2D eigenvalue weighted by Gasteiger charge is -2.31. The fraction of sp³-hybridized carbons (Fsp3) is 0.350. The van der Waals surface area contributed by atoms with Gasteiger partial charge in [-0.1, -0.05) is 0 Å². The zero-order valence-electron chi connectivity index (χ0n) is 15.6. The standard InChI is InChI=1S/C20H23FN2O4S/c1-2-27-18-9-11-19(12-10-18)28(25,26)23-13-3-4-15(14-23)20(24)22-17-7-5-16(21)6-8-17/h5-12,15H,2-4,13-14H2,1H3,(H,22,24)/t15-/m0/s1. The Morgan fingerprint density at radius 2 is 1.86 bits per heavy atom. The second kappa shape index (κ2) is 8.70. The van der Waals surface area contributed by atoms with Crippen LogP contribution in [0.4, 0.5) is 10.1 Å². The predicted molar refractivity (Wildman–Crippen MR) is 104 cm³/mol. The van der Waals surface area contributed by atoms with Gasteiger partial charge in [0.1, 0.15) is 11.6 Å². The number of anilines is 1. The van der Waals surface area contributed by atoms with Crippen molar-refractivity contribution < 1.29 is 22.3 Å². The summed E-state index contributed by atoms with van der Waals surface area (Å²) in [6, 6.07) is 11.8. The van der Waals surface area contributed by atoms with Crippen LogP contribution >= 0.6 is 0 Å². The van der Waals surface area contributed by atoms with Gasteiger partial charge in [-0.2, -0.15) is 4.31 Å². The van der Waals surface area contributed by atoms with Crippen molar-refractivity contribution in [2.24, 2.45) is 5.92 Å². The summed E-state index contributed by atoms with van der Waals surface area (Å²) in [5, 5.41) is 2.73. The number of hydrogen-bond acceptors (Lipinski definition) is 4. The summed E-state index contributed by atoms with van der Waals surface area (Å²) in [7, 11) is -3.69. The van der Waals surface area contributed by atoms with Crippen LogP contribution in [-0.2, 0) is 14.8 Å². The highest BCUT2D eigenvalue weighted by Crippen LogP contribution is 2.26. The minimum Gasteiger partial charge on any atom is -0.494 e. The molecule has 1 aliphatic rings. The van der Waals surface area contributed by atoms with E-state index in [0.29, 0.717) is 37.4 Å². The van der Waals surface area contributed by atoms with Crippen molar-refractivity contribution in [1.29, 1.82) is 0 Å². The number of nitrogens with one attached hydrogen (secondary N) is 1. The van der Waals surface area contributed by atoms with Crippen molar-refractivity contribution in [3.05, 3.63) is 54.3 Å². The zero-order valence-corrected chi connectivity index (χ0v) is 16.4. The number of carbonyl (C=O) groups excluding carboxylic acids is 1. The van der Waals surface area contributed by atoms with Gasteiger partial charge in [-0.15, -0.1) is 0 Å². The maximum absolute atomic E-state index is 13.0. The Morgan fingerprint density at radius 3 is 2.50 bits per heavy atom. The topological polar surface area (TPSA) is 75.7 Å². The molecule has 6 nitrogen and oxygen atoms in total. The Kier molecular flexibility index (Phi) is 6.31. The van der Waals surface area contributed by atoms with Crippen LogP contribution in [0.1, 0.15) is 19.8 Å². The van der Waals surface area contributed by atoms with Gasteiger partial charge in [0.05, 0.1) is 17.4 Å². The normalized spacial score (nSPS) is 17.9. The van der Waals surface area contributed by atoms with Crippen molar-refractivity contribution in [3.63, 3.8) is 0 Å². The average Bonchev–Trinajstić information content (AvgIpc) is 2.70. The molecule has 150 valence electrons. The van der Waals surface area contributed by atoms with Gasteiger partial charge in [-0.05, 0) is 68.3 Å². The van der Waals surface area contributed by atoms with Crippen LogP contribution in [0.5, 0.6) is 5.75 Å². The Bertz CT molecular complexity index is 914. The summed E-state index contributed by atoms with van der Waals surface area (Å²) in [5.74, 6) is -0.505. The van der Waals surface area contributed by atoms with E-state index in [2.05, 4.69) is 5.32 Å². The van der Waals surface area contributed by atoms with Crippen LogP contribution in [0, 0.1) is 11.7 Å². The van der Waals surface area contributed by atoms with Crippen LogP contribution in [-0.4, -0.2) is 38.3 Å². The zero-order chi connectivity index (χ0) is 20.1. The number of carbonyl (C=O) groups is 1. The quantitative estimate of drug-likeness (QED) is 0.799. The van der Waals surface area contributed by atoms with Crippen molar-refractivity contribution in [3.8, 4) is 5.75 Å². The monoisotopic (exact) mass is 406 g/mol. The first kappa shape index (κ1) is 20.3. The second-order valence-electron chi connectivity index (χ2n) is 6.60.